The number of sulfonamides is 1. The van der Waals surface area contributed by atoms with E-state index in [0.29, 0.717) is 5.69 Å². The summed E-state index contributed by atoms with van der Waals surface area (Å²) in [5.74, 6) is -0.376. The molecule has 0 aliphatic carbocycles. The summed E-state index contributed by atoms with van der Waals surface area (Å²) in [7, 11) is -3.64. The lowest BCUT2D eigenvalue weighted by molar-refractivity contribution is -0.120. The van der Waals surface area contributed by atoms with E-state index in [1.165, 1.54) is 0 Å². The third-order valence-electron chi connectivity index (χ3n) is 5.03. The highest BCUT2D eigenvalue weighted by molar-refractivity contribution is 7.92. The Kier molecular flexibility index (Phi) is 6.81. The Labute approximate surface area is 184 Å². The zero-order valence-electron chi connectivity index (χ0n) is 18.3. The van der Waals surface area contributed by atoms with Crippen molar-refractivity contribution < 1.29 is 13.2 Å². The molecule has 0 unspecified atom stereocenters. The van der Waals surface area contributed by atoms with Gasteiger partial charge in [-0.05, 0) is 55.2 Å². The maximum Gasteiger partial charge on any atom is 0.241 e. The summed E-state index contributed by atoms with van der Waals surface area (Å²) in [6.45, 7) is 5.52. The molecule has 5 nitrogen and oxygen atoms in total. The zero-order valence-corrected chi connectivity index (χ0v) is 19.1. The molecule has 31 heavy (non-hydrogen) atoms. The van der Waals surface area contributed by atoms with Crippen LogP contribution in [0.4, 0.5) is 5.69 Å². The van der Waals surface area contributed by atoms with Crippen molar-refractivity contribution in [1.82, 2.24) is 5.32 Å². The highest BCUT2D eigenvalue weighted by Gasteiger charge is 2.24. The average Bonchev–Trinajstić information content (AvgIpc) is 2.70. The number of carbonyl (C=O) groups is 1. The third-order valence-corrected chi connectivity index (χ3v) is 6.17. The van der Waals surface area contributed by atoms with Gasteiger partial charge in [0.2, 0.25) is 15.9 Å². The Bertz CT molecular complexity index is 1140. The number of anilines is 1. The summed E-state index contributed by atoms with van der Waals surface area (Å²) in [5.41, 5.74) is 5.35. The fourth-order valence-electron chi connectivity index (χ4n) is 3.60. The lowest BCUT2D eigenvalue weighted by Gasteiger charge is -2.25. The molecular weight excluding hydrogens is 408 g/mol. The van der Waals surface area contributed by atoms with Gasteiger partial charge in [0.15, 0.2) is 0 Å². The van der Waals surface area contributed by atoms with Gasteiger partial charge in [-0.3, -0.25) is 9.10 Å². The molecule has 162 valence electrons. The highest BCUT2D eigenvalue weighted by atomic mass is 32.2. The van der Waals surface area contributed by atoms with Crippen LogP contribution < -0.4 is 9.62 Å². The van der Waals surface area contributed by atoms with E-state index in [4.69, 9.17) is 0 Å². The Balaban J connectivity index is 1.90. The van der Waals surface area contributed by atoms with E-state index in [1.54, 1.807) is 12.1 Å². The van der Waals surface area contributed by atoms with E-state index < -0.39 is 10.0 Å². The quantitative estimate of drug-likeness (QED) is 0.601. The molecule has 0 spiro atoms. The minimum atomic E-state index is -3.64. The number of carbonyl (C=O) groups excluding carboxylic acids is 1. The molecule has 0 fully saturated rings. The molecule has 0 saturated carbocycles. The Morgan fingerprint density at radius 1 is 0.839 bits per heavy atom. The smallest absolute Gasteiger partial charge is 0.241 e. The lowest BCUT2D eigenvalue weighted by Crippen LogP contribution is -2.41. The lowest BCUT2D eigenvalue weighted by atomic mass is 9.98. The van der Waals surface area contributed by atoms with E-state index in [2.05, 4.69) is 5.32 Å². The second kappa shape index (κ2) is 9.35. The van der Waals surface area contributed by atoms with Crippen LogP contribution >= 0.6 is 0 Å². The van der Waals surface area contributed by atoms with Gasteiger partial charge in [0.25, 0.3) is 0 Å². The predicted molar refractivity (Wildman–Crippen MR) is 126 cm³/mol. The zero-order chi connectivity index (χ0) is 22.6. The summed E-state index contributed by atoms with van der Waals surface area (Å²) >= 11 is 0. The van der Waals surface area contributed by atoms with Crippen molar-refractivity contribution in [2.45, 2.75) is 26.8 Å². The molecule has 3 rings (SSSR count). The molecule has 0 bridgehead atoms. The maximum absolute atomic E-state index is 13.1. The molecule has 3 aromatic carbocycles. The number of nitrogens with one attached hydrogen (secondary N) is 1. The summed E-state index contributed by atoms with van der Waals surface area (Å²) in [4.78, 5) is 13.1. The van der Waals surface area contributed by atoms with Gasteiger partial charge in [0.1, 0.15) is 6.54 Å². The number of rotatable bonds is 7. The van der Waals surface area contributed by atoms with Gasteiger partial charge in [-0.2, -0.15) is 0 Å². The monoisotopic (exact) mass is 436 g/mol. The maximum atomic E-state index is 13.1. The fraction of sp³-hybridized carbons (Fsp3) is 0.240. The average molecular weight is 437 g/mol. The first-order chi connectivity index (χ1) is 14.6. The summed E-state index contributed by atoms with van der Waals surface area (Å²) < 4.78 is 26.2. The van der Waals surface area contributed by atoms with Crippen molar-refractivity contribution in [2.24, 2.45) is 0 Å². The summed E-state index contributed by atoms with van der Waals surface area (Å²) in [6, 6.07) is 22.7. The van der Waals surface area contributed by atoms with Crippen molar-refractivity contribution in [3.8, 4) is 0 Å². The van der Waals surface area contributed by atoms with E-state index in [9.17, 15) is 13.2 Å². The van der Waals surface area contributed by atoms with Gasteiger partial charge in [0, 0.05) is 0 Å². The molecule has 0 radical (unpaired) electrons. The summed E-state index contributed by atoms with van der Waals surface area (Å²) in [6.07, 6.45) is 1.12. The van der Waals surface area contributed by atoms with Gasteiger partial charge >= 0.3 is 0 Å². The number of aryl methyl sites for hydroxylation is 3. The van der Waals surface area contributed by atoms with Crippen LogP contribution in [0.3, 0.4) is 0 Å². The predicted octanol–water partition coefficient (Wildman–Crippen LogP) is 4.28. The molecule has 1 amide bonds. The van der Waals surface area contributed by atoms with Crippen LogP contribution in [0, 0.1) is 20.8 Å². The van der Waals surface area contributed by atoms with Crippen LogP contribution in [0.15, 0.2) is 72.8 Å². The van der Waals surface area contributed by atoms with Crippen molar-refractivity contribution in [3.05, 3.63) is 101 Å². The Hall–Kier alpha value is -3.12. The molecule has 3 aromatic rings. The standard InChI is InChI=1S/C25H28N2O3S/c1-18-10-12-22(13-11-18)25(21-8-6-5-7-9-21)26-24(28)17-27(31(4,29)30)23-15-19(2)14-20(3)16-23/h5-16,25H,17H2,1-4H3,(H,26,28)/t25-/m0/s1. The second-order valence-electron chi connectivity index (χ2n) is 7.94. The van der Waals surface area contributed by atoms with Gasteiger partial charge in [-0.1, -0.05) is 66.2 Å². The third kappa shape index (κ3) is 5.95. The molecule has 6 heteroatoms. The van der Waals surface area contributed by atoms with Crippen LogP contribution in [0.5, 0.6) is 0 Å². The van der Waals surface area contributed by atoms with Crippen LogP contribution in [0.1, 0.15) is 33.9 Å². The van der Waals surface area contributed by atoms with E-state index >= 15 is 0 Å². The molecule has 1 atom stereocenters. The van der Waals surface area contributed by atoms with Crippen LogP contribution in [0.25, 0.3) is 0 Å². The van der Waals surface area contributed by atoms with Crippen LogP contribution in [-0.4, -0.2) is 27.1 Å². The Morgan fingerprint density at radius 3 is 1.94 bits per heavy atom. The molecule has 0 heterocycles. The first-order valence-electron chi connectivity index (χ1n) is 10.1. The van der Waals surface area contributed by atoms with Crippen molar-refractivity contribution in [2.75, 3.05) is 17.1 Å². The van der Waals surface area contributed by atoms with E-state index in [-0.39, 0.29) is 18.5 Å². The van der Waals surface area contributed by atoms with Gasteiger partial charge in [-0.25, -0.2) is 8.42 Å². The van der Waals surface area contributed by atoms with Crippen LogP contribution in [0.2, 0.25) is 0 Å². The first-order valence-corrected chi connectivity index (χ1v) is 12.0. The largest absolute Gasteiger partial charge is 0.344 e. The molecule has 0 saturated heterocycles. The number of benzene rings is 3. The van der Waals surface area contributed by atoms with Crippen molar-refractivity contribution in [1.29, 1.82) is 0 Å². The molecule has 0 aliphatic heterocycles. The number of hydrogen-bond donors (Lipinski definition) is 1. The van der Waals surface area contributed by atoms with Crippen LogP contribution in [-0.2, 0) is 14.8 Å². The van der Waals surface area contributed by atoms with E-state index in [1.807, 2.05) is 81.4 Å². The SMILES string of the molecule is Cc1ccc([C@@H](NC(=O)CN(c2cc(C)cc(C)c2)S(C)(=O)=O)c2ccccc2)cc1. The highest BCUT2D eigenvalue weighted by Crippen LogP contribution is 2.24. The van der Waals surface area contributed by atoms with Gasteiger partial charge < -0.3 is 5.32 Å². The van der Waals surface area contributed by atoms with Gasteiger partial charge in [0.05, 0.1) is 18.0 Å². The molecule has 0 aromatic heterocycles. The molecule has 1 N–H and O–H groups in total. The number of hydrogen-bond acceptors (Lipinski definition) is 3. The summed E-state index contributed by atoms with van der Waals surface area (Å²) in [5, 5.41) is 3.03. The van der Waals surface area contributed by atoms with E-state index in [0.717, 1.165) is 38.4 Å². The first kappa shape index (κ1) is 22.6. The Morgan fingerprint density at radius 2 is 1.39 bits per heavy atom. The topological polar surface area (TPSA) is 66.5 Å². The fourth-order valence-corrected chi connectivity index (χ4v) is 4.44. The van der Waals surface area contributed by atoms with Gasteiger partial charge in [-0.15, -0.1) is 0 Å². The second-order valence-corrected chi connectivity index (χ2v) is 9.84. The normalized spacial score (nSPS) is 12.3. The molecular formula is C25H28N2O3S. The number of nitrogens with zero attached hydrogens (tertiary/aromatic N) is 1. The van der Waals surface area contributed by atoms with Crippen molar-refractivity contribution in [3.63, 3.8) is 0 Å². The minimum absolute atomic E-state index is 0.295. The minimum Gasteiger partial charge on any atom is -0.344 e. The van der Waals surface area contributed by atoms with Crippen molar-refractivity contribution >= 4 is 21.6 Å². The number of amides is 1. The molecule has 0 aliphatic rings.